The number of anilines is 1. The van der Waals surface area contributed by atoms with Crippen LogP contribution in [0.4, 0.5) is 5.69 Å². The average molecular weight is 432 g/mol. The van der Waals surface area contributed by atoms with E-state index in [-0.39, 0.29) is 18.5 Å². The van der Waals surface area contributed by atoms with Crippen LogP contribution in [0.15, 0.2) is 40.9 Å². The van der Waals surface area contributed by atoms with Crippen LogP contribution in [-0.4, -0.2) is 23.5 Å². The molecule has 1 amide bonds. The van der Waals surface area contributed by atoms with Crippen LogP contribution < -0.4 is 4.90 Å². The molecule has 27 heavy (non-hydrogen) atoms. The molecule has 1 aliphatic heterocycles. The van der Waals surface area contributed by atoms with Crippen molar-refractivity contribution in [3.05, 3.63) is 63.1 Å². The average Bonchev–Trinajstić information content (AvgIpc) is 2.60. The molecular weight excluding hydrogens is 410 g/mol. The summed E-state index contributed by atoms with van der Waals surface area (Å²) in [6, 6.07) is 11.1. The molecule has 0 saturated heterocycles. The lowest BCUT2D eigenvalue weighted by Crippen LogP contribution is -2.38. The normalized spacial score (nSPS) is 14.1. The highest BCUT2D eigenvalue weighted by Gasteiger charge is 2.29. The molecule has 0 atom stereocenters. The SMILES string of the molecule is CC(=O)OCc1c(Br)cccc1N1CCc2cc(C(C)(C)O)ccc2C1=O. The summed E-state index contributed by atoms with van der Waals surface area (Å²) >= 11 is 3.49. The molecule has 0 aromatic heterocycles. The van der Waals surface area contributed by atoms with E-state index < -0.39 is 5.60 Å². The zero-order valence-corrected chi connectivity index (χ0v) is 17.2. The topological polar surface area (TPSA) is 66.8 Å². The van der Waals surface area contributed by atoms with Gasteiger partial charge in [-0.3, -0.25) is 9.59 Å². The molecule has 0 fully saturated rings. The van der Waals surface area contributed by atoms with Gasteiger partial charge in [-0.15, -0.1) is 0 Å². The van der Waals surface area contributed by atoms with E-state index in [4.69, 9.17) is 4.74 Å². The van der Waals surface area contributed by atoms with E-state index >= 15 is 0 Å². The fraction of sp³-hybridized carbons (Fsp3) is 0.333. The molecule has 0 radical (unpaired) electrons. The van der Waals surface area contributed by atoms with Crippen LogP contribution in [-0.2, 0) is 28.2 Å². The molecule has 0 spiro atoms. The third kappa shape index (κ3) is 4.06. The first kappa shape index (κ1) is 19.6. The van der Waals surface area contributed by atoms with Crippen LogP contribution in [0.5, 0.6) is 0 Å². The number of nitrogens with zero attached hydrogens (tertiary/aromatic N) is 1. The largest absolute Gasteiger partial charge is 0.461 e. The minimum Gasteiger partial charge on any atom is -0.461 e. The summed E-state index contributed by atoms with van der Waals surface area (Å²) in [4.78, 5) is 26.1. The highest BCUT2D eigenvalue weighted by molar-refractivity contribution is 9.10. The van der Waals surface area contributed by atoms with Gasteiger partial charge in [0.25, 0.3) is 5.91 Å². The molecule has 1 heterocycles. The van der Waals surface area contributed by atoms with Crippen LogP contribution in [0.2, 0.25) is 0 Å². The predicted molar refractivity (Wildman–Crippen MR) is 107 cm³/mol. The van der Waals surface area contributed by atoms with Gasteiger partial charge in [0.1, 0.15) is 6.61 Å². The maximum Gasteiger partial charge on any atom is 0.302 e. The van der Waals surface area contributed by atoms with Crippen LogP contribution in [0, 0.1) is 0 Å². The van der Waals surface area contributed by atoms with E-state index in [2.05, 4.69) is 15.9 Å². The van der Waals surface area contributed by atoms with Crippen LogP contribution in [0.1, 0.15) is 47.8 Å². The third-order valence-corrected chi connectivity index (χ3v) is 5.44. The summed E-state index contributed by atoms with van der Waals surface area (Å²) in [6.45, 7) is 5.44. The second-order valence-electron chi connectivity index (χ2n) is 7.16. The van der Waals surface area contributed by atoms with Crippen molar-refractivity contribution in [1.82, 2.24) is 0 Å². The van der Waals surface area contributed by atoms with E-state index in [0.717, 1.165) is 26.9 Å². The van der Waals surface area contributed by atoms with Crippen molar-refractivity contribution in [2.45, 2.75) is 39.4 Å². The van der Waals surface area contributed by atoms with Crippen molar-refractivity contribution in [1.29, 1.82) is 0 Å². The van der Waals surface area contributed by atoms with Crippen molar-refractivity contribution < 1.29 is 19.4 Å². The van der Waals surface area contributed by atoms with Gasteiger partial charge >= 0.3 is 5.97 Å². The molecule has 0 aliphatic carbocycles. The van der Waals surface area contributed by atoms with Crippen molar-refractivity contribution in [3.63, 3.8) is 0 Å². The van der Waals surface area contributed by atoms with E-state index in [1.807, 2.05) is 24.3 Å². The second kappa shape index (κ2) is 7.44. The minimum absolute atomic E-state index is 0.0966. The third-order valence-electron chi connectivity index (χ3n) is 4.70. The zero-order chi connectivity index (χ0) is 19.8. The molecule has 142 valence electrons. The monoisotopic (exact) mass is 431 g/mol. The highest BCUT2D eigenvalue weighted by atomic mass is 79.9. The number of halogens is 1. The van der Waals surface area contributed by atoms with Gasteiger partial charge in [-0.05, 0) is 49.6 Å². The number of ether oxygens (including phenoxy) is 1. The lowest BCUT2D eigenvalue weighted by atomic mass is 9.90. The molecule has 0 unspecified atom stereocenters. The quantitative estimate of drug-likeness (QED) is 0.744. The molecule has 6 heteroatoms. The van der Waals surface area contributed by atoms with Gasteiger partial charge in [0.05, 0.1) is 11.3 Å². The number of aliphatic hydroxyl groups is 1. The summed E-state index contributed by atoms with van der Waals surface area (Å²) in [5.41, 5.74) is 2.91. The number of carbonyl (C=O) groups is 2. The van der Waals surface area contributed by atoms with Crippen LogP contribution in [0.25, 0.3) is 0 Å². The Bertz CT molecular complexity index is 902. The van der Waals surface area contributed by atoms with Gasteiger partial charge < -0.3 is 14.7 Å². The molecule has 0 bridgehead atoms. The smallest absolute Gasteiger partial charge is 0.302 e. The zero-order valence-electron chi connectivity index (χ0n) is 15.6. The molecule has 5 nitrogen and oxygen atoms in total. The Morgan fingerprint density at radius 2 is 2.04 bits per heavy atom. The van der Waals surface area contributed by atoms with Crippen LogP contribution in [0.3, 0.4) is 0 Å². The number of carbonyl (C=O) groups excluding carboxylic acids is 2. The number of fused-ring (bicyclic) bond motifs is 1. The Kier molecular flexibility index (Phi) is 5.40. The van der Waals surface area contributed by atoms with E-state index in [0.29, 0.717) is 18.5 Å². The summed E-state index contributed by atoms with van der Waals surface area (Å²) < 4.78 is 5.95. The van der Waals surface area contributed by atoms with Gasteiger partial charge in [0.15, 0.2) is 0 Å². The Labute approximate surface area is 167 Å². The first-order chi connectivity index (χ1) is 12.7. The second-order valence-corrected chi connectivity index (χ2v) is 8.01. The Morgan fingerprint density at radius 1 is 1.30 bits per heavy atom. The molecule has 1 N–H and O–H groups in total. The lowest BCUT2D eigenvalue weighted by Gasteiger charge is -2.31. The molecule has 2 aromatic carbocycles. The number of benzene rings is 2. The van der Waals surface area contributed by atoms with Gasteiger partial charge in [-0.1, -0.05) is 34.1 Å². The summed E-state index contributed by atoms with van der Waals surface area (Å²) in [6.07, 6.45) is 0.685. The number of amides is 1. The van der Waals surface area contributed by atoms with Crippen molar-refractivity contribution in [3.8, 4) is 0 Å². The summed E-state index contributed by atoms with van der Waals surface area (Å²) in [5, 5.41) is 10.2. The number of rotatable bonds is 4. The molecule has 0 saturated carbocycles. The van der Waals surface area contributed by atoms with Gasteiger partial charge in [-0.25, -0.2) is 0 Å². The molecule has 1 aliphatic rings. The maximum absolute atomic E-state index is 13.1. The van der Waals surface area contributed by atoms with Gasteiger partial charge in [-0.2, -0.15) is 0 Å². The van der Waals surface area contributed by atoms with E-state index in [1.54, 1.807) is 30.9 Å². The summed E-state index contributed by atoms with van der Waals surface area (Å²) in [7, 11) is 0. The Hall–Kier alpha value is -2.18. The standard InChI is InChI=1S/C21H22BrNO4/c1-13(24)27-12-17-18(22)5-4-6-19(17)23-10-9-14-11-15(21(2,3)26)7-8-16(14)20(23)25/h4-8,11,26H,9-10,12H2,1-3H3. The Morgan fingerprint density at radius 3 is 2.70 bits per heavy atom. The first-order valence-electron chi connectivity index (χ1n) is 8.77. The maximum atomic E-state index is 13.1. The fourth-order valence-electron chi connectivity index (χ4n) is 3.22. The van der Waals surface area contributed by atoms with E-state index in [1.165, 1.54) is 6.92 Å². The van der Waals surface area contributed by atoms with Crippen molar-refractivity contribution in [2.24, 2.45) is 0 Å². The number of hydrogen-bond acceptors (Lipinski definition) is 4. The lowest BCUT2D eigenvalue weighted by molar-refractivity contribution is -0.142. The van der Waals surface area contributed by atoms with Crippen molar-refractivity contribution in [2.75, 3.05) is 11.4 Å². The minimum atomic E-state index is -0.948. The van der Waals surface area contributed by atoms with Crippen molar-refractivity contribution >= 4 is 33.5 Å². The van der Waals surface area contributed by atoms with Gasteiger partial charge in [0.2, 0.25) is 0 Å². The summed E-state index contributed by atoms with van der Waals surface area (Å²) in [5.74, 6) is -0.466. The molecule has 2 aromatic rings. The highest BCUT2D eigenvalue weighted by Crippen LogP contribution is 2.33. The van der Waals surface area contributed by atoms with Crippen LogP contribution >= 0.6 is 15.9 Å². The Balaban J connectivity index is 1.96. The molecule has 3 rings (SSSR count). The number of hydrogen-bond donors (Lipinski definition) is 1. The van der Waals surface area contributed by atoms with Gasteiger partial charge in [0, 0.05) is 29.1 Å². The molecular formula is C21H22BrNO4. The predicted octanol–water partition coefficient (Wildman–Crippen LogP) is 3.94. The van der Waals surface area contributed by atoms with E-state index in [9.17, 15) is 14.7 Å². The number of esters is 1. The fourth-order valence-corrected chi connectivity index (χ4v) is 3.69. The first-order valence-corrected chi connectivity index (χ1v) is 9.56.